The molecular weight excluding hydrogens is 248 g/mol. The summed E-state index contributed by atoms with van der Waals surface area (Å²) < 4.78 is 0. The van der Waals surface area contributed by atoms with E-state index in [1.54, 1.807) is 23.9 Å². The van der Waals surface area contributed by atoms with Gasteiger partial charge < -0.3 is 4.90 Å². The zero-order valence-electron chi connectivity index (χ0n) is 12.2. The lowest BCUT2D eigenvalue weighted by molar-refractivity contribution is 0.223. The Balaban J connectivity index is 2.30. The summed E-state index contributed by atoms with van der Waals surface area (Å²) in [6.07, 6.45) is 0. The van der Waals surface area contributed by atoms with E-state index in [2.05, 4.69) is 0 Å². The molecular formula is C17H20N2O. The number of benzene rings is 2. The maximum absolute atomic E-state index is 12.4. The molecule has 3 heteroatoms. The van der Waals surface area contributed by atoms with Gasteiger partial charge in [-0.15, -0.1) is 0 Å². The van der Waals surface area contributed by atoms with Gasteiger partial charge in [-0.3, -0.25) is 4.90 Å². The topological polar surface area (TPSA) is 23.6 Å². The highest BCUT2D eigenvalue weighted by Gasteiger charge is 2.17. The number of carbonyl (C=O) groups excluding carboxylic acids is 1. The molecule has 0 saturated heterocycles. The minimum Gasteiger partial charge on any atom is -0.330 e. The van der Waals surface area contributed by atoms with Crippen molar-refractivity contribution >= 4 is 11.7 Å². The Morgan fingerprint density at radius 1 is 0.950 bits per heavy atom. The molecule has 2 aromatic carbocycles. The van der Waals surface area contributed by atoms with Crippen molar-refractivity contribution in [2.75, 3.05) is 19.0 Å². The number of rotatable bonds is 3. The molecule has 2 rings (SSSR count). The average Bonchev–Trinajstić information content (AvgIpc) is 2.46. The smallest absolute Gasteiger partial charge is 0.324 e. The summed E-state index contributed by atoms with van der Waals surface area (Å²) in [6, 6.07) is 18.0. The molecule has 3 nitrogen and oxygen atoms in total. The van der Waals surface area contributed by atoms with Gasteiger partial charge in [0.25, 0.3) is 0 Å². The van der Waals surface area contributed by atoms with E-state index in [1.165, 1.54) is 5.56 Å². The molecule has 0 fully saturated rings. The van der Waals surface area contributed by atoms with Gasteiger partial charge in [-0.05, 0) is 24.6 Å². The summed E-state index contributed by atoms with van der Waals surface area (Å²) in [6.45, 7) is 2.61. The number of amides is 2. The van der Waals surface area contributed by atoms with Gasteiger partial charge in [0.2, 0.25) is 0 Å². The highest BCUT2D eigenvalue weighted by Crippen LogP contribution is 2.19. The van der Waals surface area contributed by atoms with Crippen LogP contribution in [0.2, 0.25) is 0 Å². The van der Waals surface area contributed by atoms with Crippen LogP contribution in [-0.4, -0.2) is 25.0 Å². The summed E-state index contributed by atoms with van der Waals surface area (Å²) in [5.74, 6) is 0. The standard InChI is InChI=1S/C17H20N2O/c1-14-9-11-16(12-10-14)19(17(20)18(2)3)13-15-7-5-4-6-8-15/h4-12H,13H2,1-3H3. The second-order valence-electron chi connectivity index (χ2n) is 5.08. The Kier molecular flexibility index (Phi) is 4.41. The van der Waals surface area contributed by atoms with Gasteiger partial charge in [0.15, 0.2) is 0 Å². The van der Waals surface area contributed by atoms with Crippen LogP contribution in [0.15, 0.2) is 54.6 Å². The molecule has 0 N–H and O–H groups in total. The number of carbonyl (C=O) groups is 1. The van der Waals surface area contributed by atoms with Gasteiger partial charge in [0, 0.05) is 19.8 Å². The quantitative estimate of drug-likeness (QED) is 0.833. The summed E-state index contributed by atoms with van der Waals surface area (Å²) in [4.78, 5) is 15.8. The predicted octanol–water partition coefficient (Wildman–Crippen LogP) is 3.68. The molecule has 20 heavy (non-hydrogen) atoms. The van der Waals surface area contributed by atoms with Crippen molar-refractivity contribution in [2.24, 2.45) is 0 Å². The minimum absolute atomic E-state index is 0.0160. The third-order valence-corrected chi connectivity index (χ3v) is 3.14. The second kappa shape index (κ2) is 6.24. The predicted molar refractivity (Wildman–Crippen MR) is 82.9 cm³/mol. The van der Waals surface area contributed by atoms with Gasteiger partial charge in [-0.1, -0.05) is 48.0 Å². The third-order valence-electron chi connectivity index (χ3n) is 3.14. The van der Waals surface area contributed by atoms with Crippen LogP contribution in [0, 0.1) is 6.92 Å². The summed E-state index contributed by atoms with van der Waals surface area (Å²) in [5, 5.41) is 0. The SMILES string of the molecule is Cc1ccc(N(Cc2ccccc2)C(=O)N(C)C)cc1. The molecule has 0 aromatic heterocycles. The van der Waals surface area contributed by atoms with Crippen LogP contribution in [-0.2, 0) is 6.54 Å². The van der Waals surface area contributed by atoms with Crippen LogP contribution in [0.1, 0.15) is 11.1 Å². The lowest BCUT2D eigenvalue weighted by Crippen LogP contribution is -2.38. The van der Waals surface area contributed by atoms with Crippen LogP contribution >= 0.6 is 0 Å². The molecule has 0 radical (unpaired) electrons. The fourth-order valence-corrected chi connectivity index (χ4v) is 2.00. The van der Waals surface area contributed by atoms with Crippen molar-refractivity contribution in [2.45, 2.75) is 13.5 Å². The average molecular weight is 268 g/mol. The van der Waals surface area contributed by atoms with E-state index in [4.69, 9.17) is 0 Å². The van der Waals surface area contributed by atoms with Crippen molar-refractivity contribution < 1.29 is 4.79 Å². The zero-order valence-corrected chi connectivity index (χ0v) is 12.2. The first-order valence-corrected chi connectivity index (χ1v) is 6.67. The van der Waals surface area contributed by atoms with Crippen LogP contribution in [0.3, 0.4) is 0 Å². The van der Waals surface area contributed by atoms with Crippen molar-refractivity contribution in [3.63, 3.8) is 0 Å². The number of anilines is 1. The number of hydrogen-bond acceptors (Lipinski definition) is 1. The minimum atomic E-state index is -0.0160. The van der Waals surface area contributed by atoms with E-state index in [0.717, 1.165) is 11.3 Å². The van der Waals surface area contributed by atoms with E-state index in [0.29, 0.717) is 6.54 Å². The van der Waals surface area contributed by atoms with Crippen LogP contribution < -0.4 is 4.90 Å². The highest BCUT2D eigenvalue weighted by atomic mass is 16.2. The van der Waals surface area contributed by atoms with Gasteiger partial charge in [-0.25, -0.2) is 4.79 Å². The molecule has 0 atom stereocenters. The number of nitrogens with zero attached hydrogens (tertiary/aromatic N) is 2. The molecule has 0 heterocycles. The van der Waals surface area contributed by atoms with Crippen LogP contribution in [0.4, 0.5) is 10.5 Å². The van der Waals surface area contributed by atoms with E-state index in [-0.39, 0.29) is 6.03 Å². The highest BCUT2D eigenvalue weighted by molar-refractivity contribution is 5.91. The number of aryl methyl sites for hydroxylation is 1. The maximum Gasteiger partial charge on any atom is 0.324 e. The molecule has 104 valence electrons. The normalized spacial score (nSPS) is 10.2. The zero-order chi connectivity index (χ0) is 14.5. The van der Waals surface area contributed by atoms with Crippen molar-refractivity contribution in [3.05, 3.63) is 65.7 Å². The number of hydrogen-bond donors (Lipinski definition) is 0. The first kappa shape index (κ1) is 14.1. The van der Waals surface area contributed by atoms with Crippen molar-refractivity contribution in [1.82, 2.24) is 4.90 Å². The van der Waals surface area contributed by atoms with Gasteiger partial charge >= 0.3 is 6.03 Å². The molecule has 2 aromatic rings. The molecule has 0 aliphatic carbocycles. The fourth-order valence-electron chi connectivity index (χ4n) is 2.00. The van der Waals surface area contributed by atoms with Gasteiger partial charge in [-0.2, -0.15) is 0 Å². The first-order chi connectivity index (χ1) is 9.58. The van der Waals surface area contributed by atoms with Crippen LogP contribution in [0.5, 0.6) is 0 Å². The van der Waals surface area contributed by atoms with E-state index in [1.807, 2.05) is 61.5 Å². The molecule has 0 unspecified atom stereocenters. The Morgan fingerprint density at radius 3 is 2.10 bits per heavy atom. The molecule has 0 aliphatic rings. The Bertz CT molecular complexity index is 561. The van der Waals surface area contributed by atoms with Gasteiger partial charge in [0.1, 0.15) is 0 Å². The summed E-state index contributed by atoms with van der Waals surface area (Å²) in [5.41, 5.74) is 3.21. The molecule has 0 spiro atoms. The first-order valence-electron chi connectivity index (χ1n) is 6.67. The van der Waals surface area contributed by atoms with Gasteiger partial charge in [0.05, 0.1) is 6.54 Å². The monoisotopic (exact) mass is 268 g/mol. The molecule has 0 saturated carbocycles. The van der Waals surface area contributed by atoms with E-state index < -0.39 is 0 Å². The number of urea groups is 1. The largest absolute Gasteiger partial charge is 0.330 e. The Labute approximate surface area is 120 Å². The molecule has 0 bridgehead atoms. The lowest BCUT2D eigenvalue weighted by atomic mass is 10.2. The van der Waals surface area contributed by atoms with Crippen LogP contribution in [0.25, 0.3) is 0 Å². The molecule has 0 aliphatic heterocycles. The summed E-state index contributed by atoms with van der Waals surface area (Å²) >= 11 is 0. The van der Waals surface area contributed by atoms with Crippen molar-refractivity contribution in [1.29, 1.82) is 0 Å². The lowest BCUT2D eigenvalue weighted by Gasteiger charge is -2.26. The van der Waals surface area contributed by atoms with Crippen molar-refractivity contribution in [3.8, 4) is 0 Å². The third kappa shape index (κ3) is 3.38. The fraction of sp³-hybridized carbons (Fsp3) is 0.235. The second-order valence-corrected chi connectivity index (χ2v) is 5.08. The van der Waals surface area contributed by atoms with E-state index >= 15 is 0 Å². The molecule has 2 amide bonds. The van der Waals surface area contributed by atoms with E-state index in [9.17, 15) is 4.79 Å². The summed E-state index contributed by atoms with van der Waals surface area (Å²) in [7, 11) is 3.54. The Morgan fingerprint density at radius 2 is 1.55 bits per heavy atom. The Hall–Kier alpha value is -2.29. The maximum atomic E-state index is 12.4.